The second kappa shape index (κ2) is 5.14. The molecular weight excluding hydrogens is 246 g/mol. The van der Waals surface area contributed by atoms with Crippen LogP contribution in [0.3, 0.4) is 0 Å². The fraction of sp³-hybridized carbons (Fsp3) is 0.250. The van der Waals surface area contributed by atoms with Crippen LogP contribution in [0.15, 0.2) is 30.6 Å². The van der Waals surface area contributed by atoms with Crippen LogP contribution < -0.4 is 11.1 Å². The van der Waals surface area contributed by atoms with E-state index < -0.39 is 0 Å². The molecule has 0 aliphatic heterocycles. The van der Waals surface area contributed by atoms with Gasteiger partial charge < -0.3 is 11.1 Å². The molecule has 94 valence electrons. The lowest BCUT2D eigenvalue weighted by Crippen LogP contribution is -2.10. The van der Waals surface area contributed by atoms with Gasteiger partial charge in [-0.2, -0.15) is 5.10 Å². The Labute approximate surface area is 111 Å². The van der Waals surface area contributed by atoms with Crippen molar-refractivity contribution in [2.24, 2.45) is 5.73 Å². The Morgan fingerprint density at radius 3 is 2.72 bits per heavy atom. The second-order valence-corrected chi connectivity index (χ2v) is 4.62. The SMILES string of the molecule is CC(C)n1nccc1Nc1ccc(C(N)=S)cn1. The Balaban J connectivity index is 2.18. The van der Waals surface area contributed by atoms with Crippen LogP contribution in [0.4, 0.5) is 11.6 Å². The average Bonchev–Trinajstić information content (AvgIpc) is 2.78. The van der Waals surface area contributed by atoms with E-state index in [-0.39, 0.29) is 0 Å². The summed E-state index contributed by atoms with van der Waals surface area (Å²) < 4.78 is 1.89. The summed E-state index contributed by atoms with van der Waals surface area (Å²) in [5.74, 6) is 1.64. The molecule has 2 heterocycles. The van der Waals surface area contributed by atoms with Gasteiger partial charge in [0.1, 0.15) is 16.6 Å². The monoisotopic (exact) mass is 261 g/mol. The van der Waals surface area contributed by atoms with Crippen molar-refractivity contribution in [3.63, 3.8) is 0 Å². The Kier molecular flexibility index (Phi) is 3.57. The van der Waals surface area contributed by atoms with Gasteiger partial charge in [0.05, 0.1) is 6.20 Å². The van der Waals surface area contributed by atoms with Crippen molar-refractivity contribution in [3.05, 3.63) is 36.2 Å². The van der Waals surface area contributed by atoms with Gasteiger partial charge in [-0.05, 0) is 26.0 Å². The molecule has 0 aromatic carbocycles. The lowest BCUT2D eigenvalue weighted by molar-refractivity contribution is 0.539. The molecule has 0 radical (unpaired) electrons. The molecule has 0 fully saturated rings. The number of pyridine rings is 1. The first kappa shape index (κ1) is 12.5. The molecule has 0 unspecified atom stereocenters. The molecule has 0 spiro atoms. The van der Waals surface area contributed by atoms with E-state index in [4.69, 9.17) is 18.0 Å². The Hall–Kier alpha value is -1.95. The van der Waals surface area contributed by atoms with Crippen LogP contribution in [0, 0.1) is 0 Å². The predicted molar refractivity (Wildman–Crippen MR) is 76.0 cm³/mol. The highest BCUT2D eigenvalue weighted by molar-refractivity contribution is 7.80. The van der Waals surface area contributed by atoms with Crippen LogP contribution in [0.25, 0.3) is 0 Å². The van der Waals surface area contributed by atoms with Gasteiger partial charge in [-0.1, -0.05) is 12.2 Å². The highest BCUT2D eigenvalue weighted by atomic mass is 32.1. The fourth-order valence-electron chi connectivity index (χ4n) is 1.57. The number of nitrogens with zero attached hydrogens (tertiary/aromatic N) is 3. The number of nitrogens with one attached hydrogen (secondary N) is 1. The summed E-state index contributed by atoms with van der Waals surface area (Å²) in [5.41, 5.74) is 6.28. The fourth-order valence-corrected chi connectivity index (χ4v) is 1.69. The highest BCUT2D eigenvalue weighted by Gasteiger charge is 2.06. The number of nitrogens with two attached hydrogens (primary N) is 1. The first-order valence-electron chi connectivity index (χ1n) is 5.64. The third-order valence-electron chi connectivity index (χ3n) is 2.46. The number of hydrogen-bond donors (Lipinski definition) is 2. The molecule has 3 N–H and O–H groups in total. The van der Waals surface area contributed by atoms with Crippen LogP contribution in [0.2, 0.25) is 0 Å². The van der Waals surface area contributed by atoms with Crippen LogP contribution in [0.1, 0.15) is 25.5 Å². The van der Waals surface area contributed by atoms with E-state index in [1.807, 2.05) is 22.9 Å². The topological polar surface area (TPSA) is 68.8 Å². The number of rotatable bonds is 4. The summed E-state index contributed by atoms with van der Waals surface area (Å²) in [7, 11) is 0. The summed E-state index contributed by atoms with van der Waals surface area (Å²) >= 11 is 4.88. The Bertz CT molecular complexity index is 544. The predicted octanol–water partition coefficient (Wildman–Crippen LogP) is 2.24. The van der Waals surface area contributed by atoms with Crippen molar-refractivity contribution >= 4 is 28.8 Å². The van der Waals surface area contributed by atoms with Crippen LogP contribution in [0.5, 0.6) is 0 Å². The molecule has 2 aromatic heterocycles. The van der Waals surface area contributed by atoms with Gasteiger partial charge in [0.25, 0.3) is 0 Å². The Morgan fingerprint density at radius 2 is 2.17 bits per heavy atom. The normalized spacial score (nSPS) is 10.6. The van der Waals surface area contributed by atoms with E-state index in [9.17, 15) is 0 Å². The summed E-state index contributed by atoms with van der Waals surface area (Å²) in [6, 6.07) is 5.88. The maximum absolute atomic E-state index is 5.52. The molecule has 18 heavy (non-hydrogen) atoms. The number of thiocarbonyl (C=S) groups is 1. The van der Waals surface area contributed by atoms with Crippen LogP contribution >= 0.6 is 12.2 Å². The number of aromatic nitrogens is 3. The molecule has 0 aliphatic rings. The summed E-state index contributed by atoms with van der Waals surface area (Å²) in [6.07, 6.45) is 3.41. The molecule has 0 saturated carbocycles. The maximum Gasteiger partial charge on any atom is 0.131 e. The smallest absolute Gasteiger partial charge is 0.131 e. The molecular formula is C12H15N5S. The first-order chi connectivity index (χ1) is 8.58. The van der Waals surface area contributed by atoms with Crippen molar-refractivity contribution in [2.45, 2.75) is 19.9 Å². The van der Waals surface area contributed by atoms with Gasteiger partial charge in [0.15, 0.2) is 0 Å². The maximum atomic E-state index is 5.52. The molecule has 0 aliphatic carbocycles. The quantitative estimate of drug-likeness (QED) is 0.826. The third kappa shape index (κ3) is 2.65. The zero-order valence-corrected chi connectivity index (χ0v) is 11.1. The van der Waals surface area contributed by atoms with Crippen molar-refractivity contribution < 1.29 is 0 Å². The molecule has 6 heteroatoms. The highest BCUT2D eigenvalue weighted by Crippen LogP contribution is 2.17. The van der Waals surface area contributed by atoms with E-state index >= 15 is 0 Å². The minimum absolute atomic E-state index is 0.290. The second-order valence-electron chi connectivity index (χ2n) is 4.18. The minimum atomic E-state index is 0.290. The lowest BCUT2D eigenvalue weighted by atomic mass is 10.3. The van der Waals surface area contributed by atoms with Gasteiger partial charge >= 0.3 is 0 Å². The average molecular weight is 261 g/mol. The Morgan fingerprint density at radius 1 is 1.39 bits per heavy atom. The molecule has 0 atom stereocenters. The molecule has 0 saturated heterocycles. The van der Waals surface area contributed by atoms with Crippen LogP contribution in [-0.2, 0) is 0 Å². The van der Waals surface area contributed by atoms with Gasteiger partial charge in [-0.15, -0.1) is 0 Å². The van der Waals surface area contributed by atoms with E-state index in [1.54, 1.807) is 12.4 Å². The number of hydrogen-bond acceptors (Lipinski definition) is 4. The van der Waals surface area contributed by atoms with Gasteiger partial charge in [0, 0.05) is 23.9 Å². The van der Waals surface area contributed by atoms with Crippen molar-refractivity contribution in [1.29, 1.82) is 0 Å². The molecule has 5 nitrogen and oxygen atoms in total. The van der Waals surface area contributed by atoms with Crippen molar-refractivity contribution in [2.75, 3.05) is 5.32 Å². The van der Waals surface area contributed by atoms with E-state index in [0.29, 0.717) is 11.0 Å². The van der Waals surface area contributed by atoms with E-state index in [0.717, 1.165) is 17.2 Å². The zero-order chi connectivity index (χ0) is 13.1. The van der Waals surface area contributed by atoms with Gasteiger partial charge in [0.2, 0.25) is 0 Å². The third-order valence-corrected chi connectivity index (χ3v) is 2.70. The minimum Gasteiger partial charge on any atom is -0.389 e. The summed E-state index contributed by atoms with van der Waals surface area (Å²) in [6.45, 7) is 4.14. The standard InChI is InChI=1S/C12H15N5S/c1-8(2)17-11(5-6-15-17)16-10-4-3-9(7-14-10)12(13)18/h3-8H,1-2H3,(H2,13,18)(H,14,16). The summed E-state index contributed by atoms with van der Waals surface area (Å²) in [5, 5.41) is 7.45. The van der Waals surface area contributed by atoms with Crippen molar-refractivity contribution in [1.82, 2.24) is 14.8 Å². The van der Waals surface area contributed by atoms with E-state index in [2.05, 4.69) is 29.2 Å². The number of anilines is 2. The first-order valence-corrected chi connectivity index (χ1v) is 6.05. The zero-order valence-electron chi connectivity index (χ0n) is 10.3. The van der Waals surface area contributed by atoms with Gasteiger partial charge in [-0.3, -0.25) is 0 Å². The van der Waals surface area contributed by atoms with E-state index in [1.165, 1.54) is 0 Å². The lowest BCUT2D eigenvalue weighted by Gasteiger charge is -2.12. The molecule has 0 amide bonds. The van der Waals surface area contributed by atoms with Crippen LogP contribution in [-0.4, -0.2) is 19.8 Å². The molecule has 0 bridgehead atoms. The van der Waals surface area contributed by atoms with Crippen molar-refractivity contribution in [3.8, 4) is 0 Å². The molecule has 2 aromatic rings. The largest absolute Gasteiger partial charge is 0.389 e. The van der Waals surface area contributed by atoms with Gasteiger partial charge in [-0.25, -0.2) is 9.67 Å². The molecule has 2 rings (SSSR count). The summed E-state index contributed by atoms with van der Waals surface area (Å²) in [4.78, 5) is 4.60.